The average molecular weight is 344 g/mol. The van der Waals surface area contributed by atoms with Gasteiger partial charge in [0.1, 0.15) is 0 Å². The number of carbonyl (C=O) groups is 2. The van der Waals surface area contributed by atoms with Crippen LogP contribution in [0.25, 0.3) is 0 Å². The van der Waals surface area contributed by atoms with E-state index >= 15 is 0 Å². The van der Waals surface area contributed by atoms with Gasteiger partial charge < -0.3 is 5.32 Å². The van der Waals surface area contributed by atoms with Crippen LogP contribution in [-0.4, -0.2) is 17.5 Å². The van der Waals surface area contributed by atoms with Crippen molar-refractivity contribution in [2.24, 2.45) is 5.10 Å². The summed E-state index contributed by atoms with van der Waals surface area (Å²) in [6, 6.07) is 13.8. The predicted molar refractivity (Wildman–Crippen MR) is 96.5 cm³/mol. The molecular weight excluding hydrogens is 326 g/mol. The summed E-state index contributed by atoms with van der Waals surface area (Å²) in [4.78, 5) is 23.4. The van der Waals surface area contributed by atoms with Gasteiger partial charge in [0.2, 0.25) is 5.91 Å². The van der Waals surface area contributed by atoms with Crippen molar-refractivity contribution in [1.29, 1.82) is 0 Å². The zero-order chi connectivity index (χ0) is 17.5. The highest BCUT2D eigenvalue weighted by Gasteiger charge is 2.06. The van der Waals surface area contributed by atoms with E-state index < -0.39 is 0 Å². The molecule has 124 valence electrons. The molecule has 0 unspecified atom stereocenters. The summed E-state index contributed by atoms with van der Waals surface area (Å²) >= 11 is 5.84. The third kappa shape index (κ3) is 4.93. The standard InChI is InChI=1S/C18H18ClN3O2/c1-3-17(23)20-16-10-6-14(7-11-16)18(24)22-21-12(2)13-4-8-15(19)9-5-13/h4-11H,3H2,1-2H3,(H,20,23)(H,22,24)/b21-12+. The summed E-state index contributed by atoms with van der Waals surface area (Å²) in [5.41, 5.74) is 5.17. The molecule has 0 radical (unpaired) electrons. The number of halogens is 1. The van der Waals surface area contributed by atoms with E-state index in [9.17, 15) is 9.59 Å². The molecule has 2 amide bonds. The fraction of sp³-hybridized carbons (Fsp3) is 0.167. The Labute approximate surface area is 145 Å². The van der Waals surface area contributed by atoms with Gasteiger partial charge in [-0.2, -0.15) is 5.10 Å². The van der Waals surface area contributed by atoms with Crippen LogP contribution in [0.1, 0.15) is 36.2 Å². The van der Waals surface area contributed by atoms with Gasteiger partial charge in [-0.15, -0.1) is 0 Å². The van der Waals surface area contributed by atoms with Crippen molar-refractivity contribution in [2.45, 2.75) is 20.3 Å². The third-order valence-electron chi connectivity index (χ3n) is 3.34. The number of rotatable bonds is 5. The number of hydrazone groups is 1. The van der Waals surface area contributed by atoms with E-state index in [1.165, 1.54) is 0 Å². The van der Waals surface area contributed by atoms with Crippen LogP contribution in [0.5, 0.6) is 0 Å². The van der Waals surface area contributed by atoms with Gasteiger partial charge in [-0.1, -0.05) is 30.7 Å². The number of amides is 2. The topological polar surface area (TPSA) is 70.6 Å². The summed E-state index contributed by atoms with van der Waals surface area (Å²) in [6.07, 6.45) is 0.404. The van der Waals surface area contributed by atoms with Crippen LogP contribution < -0.4 is 10.7 Å². The lowest BCUT2D eigenvalue weighted by Crippen LogP contribution is -2.19. The molecule has 0 aliphatic heterocycles. The lowest BCUT2D eigenvalue weighted by molar-refractivity contribution is -0.115. The Hall–Kier alpha value is -2.66. The van der Waals surface area contributed by atoms with Crippen LogP contribution in [0.15, 0.2) is 53.6 Å². The first-order valence-corrected chi connectivity index (χ1v) is 7.88. The largest absolute Gasteiger partial charge is 0.326 e. The van der Waals surface area contributed by atoms with Gasteiger partial charge in [0.25, 0.3) is 5.91 Å². The van der Waals surface area contributed by atoms with Crippen molar-refractivity contribution in [3.63, 3.8) is 0 Å². The number of carbonyl (C=O) groups excluding carboxylic acids is 2. The number of benzene rings is 2. The molecule has 0 heterocycles. The van der Waals surface area contributed by atoms with E-state index in [0.29, 0.717) is 28.4 Å². The molecule has 0 atom stereocenters. The molecule has 5 nitrogen and oxygen atoms in total. The van der Waals surface area contributed by atoms with Gasteiger partial charge in [0, 0.05) is 22.7 Å². The SMILES string of the molecule is CCC(=O)Nc1ccc(C(=O)N/N=C(\C)c2ccc(Cl)cc2)cc1. The van der Waals surface area contributed by atoms with Crippen LogP contribution in [-0.2, 0) is 4.79 Å². The first-order valence-electron chi connectivity index (χ1n) is 7.50. The Bertz CT molecular complexity index is 753. The Morgan fingerprint density at radius 2 is 1.58 bits per heavy atom. The Morgan fingerprint density at radius 1 is 1.00 bits per heavy atom. The van der Waals surface area contributed by atoms with E-state index in [0.717, 1.165) is 5.56 Å². The molecule has 0 aliphatic rings. The van der Waals surface area contributed by atoms with Gasteiger partial charge in [0.15, 0.2) is 0 Å². The zero-order valence-electron chi connectivity index (χ0n) is 13.5. The molecular formula is C18H18ClN3O2. The Balaban J connectivity index is 2.00. The predicted octanol–water partition coefficient (Wildman–Crippen LogP) is 3.84. The van der Waals surface area contributed by atoms with Crippen molar-refractivity contribution < 1.29 is 9.59 Å². The van der Waals surface area contributed by atoms with Gasteiger partial charge >= 0.3 is 0 Å². The number of hydrogen-bond donors (Lipinski definition) is 2. The number of nitrogens with one attached hydrogen (secondary N) is 2. The molecule has 6 heteroatoms. The average Bonchev–Trinajstić information content (AvgIpc) is 2.60. The molecule has 0 aromatic heterocycles. The first-order chi connectivity index (χ1) is 11.5. The smallest absolute Gasteiger partial charge is 0.271 e. The molecule has 24 heavy (non-hydrogen) atoms. The second-order valence-electron chi connectivity index (χ2n) is 5.12. The minimum atomic E-state index is -0.323. The highest BCUT2D eigenvalue weighted by atomic mass is 35.5. The quantitative estimate of drug-likeness (QED) is 0.639. The third-order valence-corrected chi connectivity index (χ3v) is 3.59. The fourth-order valence-corrected chi connectivity index (χ4v) is 2.04. The maximum Gasteiger partial charge on any atom is 0.271 e. The van der Waals surface area contributed by atoms with Crippen molar-refractivity contribution in [3.05, 3.63) is 64.7 Å². The van der Waals surface area contributed by atoms with Crippen LogP contribution in [0.4, 0.5) is 5.69 Å². The van der Waals surface area contributed by atoms with Gasteiger partial charge in [0.05, 0.1) is 5.71 Å². The number of hydrogen-bond acceptors (Lipinski definition) is 3. The maximum absolute atomic E-state index is 12.1. The second-order valence-corrected chi connectivity index (χ2v) is 5.56. The summed E-state index contributed by atoms with van der Waals surface area (Å²) in [7, 11) is 0. The summed E-state index contributed by atoms with van der Waals surface area (Å²) < 4.78 is 0. The second kappa shape index (κ2) is 8.26. The van der Waals surface area contributed by atoms with E-state index in [1.54, 1.807) is 50.2 Å². The molecule has 0 bridgehead atoms. The molecule has 2 aromatic carbocycles. The van der Waals surface area contributed by atoms with Crippen LogP contribution >= 0.6 is 11.6 Å². The van der Waals surface area contributed by atoms with E-state index in [2.05, 4.69) is 15.8 Å². The molecule has 0 saturated heterocycles. The monoisotopic (exact) mass is 343 g/mol. The Kier molecular flexibility index (Phi) is 6.09. The van der Waals surface area contributed by atoms with Crippen LogP contribution in [0, 0.1) is 0 Å². The summed E-state index contributed by atoms with van der Waals surface area (Å²) in [5, 5.41) is 7.46. The highest BCUT2D eigenvalue weighted by Crippen LogP contribution is 2.11. The van der Waals surface area contributed by atoms with Gasteiger partial charge in [-0.3, -0.25) is 9.59 Å². The van der Waals surface area contributed by atoms with E-state index in [-0.39, 0.29) is 11.8 Å². The van der Waals surface area contributed by atoms with Crippen LogP contribution in [0.2, 0.25) is 5.02 Å². The van der Waals surface area contributed by atoms with E-state index in [4.69, 9.17) is 11.6 Å². The van der Waals surface area contributed by atoms with Gasteiger partial charge in [-0.25, -0.2) is 5.43 Å². The highest BCUT2D eigenvalue weighted by molar-refractivity contribution is 6.30. The molecule has 0 saturated carbocycles. The molecule has 2 rings (SSSR count). The molecule has 0 fully saturated rings. The van der Waals surface area contributed by atoms with Crippen molar-refractivity contribution in [3.8, 4) is 0 Å². The number of anilines is 1. The van der Waals surface area contributed by atoms with Crippen LogP contribution in [0.3, 0.4) is 0 Å². The van der Waals surface area contributed by atoms with Gasteiger partial charge in [-0.05, 0) is 48.9 Å². The molecule has 0 aliphatic carbocycles. The minimum absolute atomic E-state index is 0.0737. The van der Waals surface area contributed by atoms with Crippen molar-refractivity contribution in [1.82, 2.24) is 5.43 Å². The maximum atomic E-state index is 12.1. The van der Waals surface area contributed by atoms with E-state index in [1.807, 2.05) is 12.1 Å². The van der Waals surface area contributed by atoms with Crippen molar-refractivity contribution >= 4 is 34.8 Å². The Morgan fingerprint density at radius 3 is 2.17 bits per heavy atom. The number of nitrogens with zero attached hydrogens (tertiary/aromatic N) is 1. The first kappa shape index (κ1) is 17.7. The lowest BCUT2D eigenvalue weighted by atomic mass is 10.1. The molecule has 2 N–H and O–H groups in total. The minimum Gasteiger partial charge on any atom is -0.326 e. The normalized spacial score (nSPS) is 11.0. The molecule has 2 aromatic rings. The summed E-state index contributed by atoms with van der Waals surface area (Å²) in [5.74, 6) is -0.396. The van der Waals surface area contributed by atoms with Crippen molar-refractivity contribution in [2.75, 3.05) is 5.32 Å². The zero-order valence-corrected chi connectivity index (χ0v) is 14.2. The fourth-order valence-electron chi connectivity index (χ4n) is 1.91. The molecule has 0 spiro atoms. The lowest BCUT2D eigenvalue weighted by Gasteiger charge is -2.06. The summed E-state index contributed by atoms with van der Waals surface area (Å²) in [6.45, 7) is 3.57.